The summed E-state index contributed by atoms with van der Waals surface area (Å²) in [6.07, 6.45) is 6.49. The zero-order valence-electron chi connectivity index (χ0n) is 11.9. The first kappa shape index (κ1) is 12.5. The van der Waals surface area contributed by atoms with Gasteiger partial charge in [0.15, 0.2) is 0 Å². The predicted molar refractivity (Wildman–Crippen MR) is 82.9 cm³/mol. The van der Waals surface area contributed by atoms with Crippen LogP contribution in [0.2, 0.25) is 0 Å². The van der Waals surface area contributed by atoms with Crippen LogP contribution >= 0.6 is 0 Å². The highest BCUT2D eigenvalue weighted by Gasteiger charge is 2.20. The Bertz CT molecular complexity index is 758. The van der Waals surface area contributed by atoms with Crippen molar-refractivity contribution in [2.75, 3.05) is 0 Å². The van der Waals surface area contributed by atoms with E-state index in [9.17, 15) is 0 Å². The zero-order valence-corrected chi connectivity index (χ0v) is 11.9. The van der Waals surface area contributed by atoms with E-state index in [1.54, 1.807) is 0 Å². The molecule has 0 saturated heterocycles. The Morgan fingerprint density at radius 3 is 2.95 bits per heavy atom. The van der Waals surface area contributed by atoms with Gasteiger partial charge in [-0.1, -0.05) is 24.3 Å². The van der Waals surface area contributed by atoms with E-state index in [1.165, 1.54) is 18.2 Å². The third-order valence-corrected chi connectivity index (χ3v) is 3.92. The number of benzene rings is 1. The molecule has 0 atom stereocenters. The summed E-state index contributed by atoms with van der Waals surface area (Å²) in [6, 6.07) is 13.2. The third-order valence-electron chi connectivity index (χ3n) is 3.92. The number of fused-ring (bicyclic) bond motifs is 1. The first-order valence-electron chi connectivity index (χ1n) is 7.46. The van der Waals surface area contributed by atoms with Crippen molar-refractivity contribution in [3.8, 4) is 0 Å². The van der Waals surface area contributed by atoms with Crippen molar-refractivity contribution in [2.45, 2.75) is 32.0 Å². The van der Waals surface area contributed by atoms with Gasteiger partial charge < -0.3 is 9.88 Å². The number of pyridine rings is 1. The van der Waals surface area contributed by atoms with E-state index in [0.29, 0.717) is 6.04 Å². The van der Waals surface area contributed by atoms with Crippen LogP contribution in [-0.2, 0) is 13.1 Å². The monoisotopic (exact) mass is 278 g/mol. The molecule has 1 N–H and O–H groups in total. The zero-order chi connectivity index (χ0) is 14.1. The minimum Gasteiger partial charge on any atom is -0.328 e. The van der Waals surface area contributed by atoms with Crippen LogP contribution in [0.4, 0.5) is 0 Å². The average molecular weight is 278 g/mol. The number of aromatic nitrogens is 3. The van der Waals surface area contributed by atoms with Gasteiger partial charge in [-0.05, 0) is 25.0 Å². The van der Waals surface area contributed by atoms with Gasteiger partial charge in [0.25, 0.3) is 0 Å². The topological polar surface area (TPSA) is 42.7 Å². The van der Waals surface area contributed by atoms with Crippen LogP contribution < -0.4 is 5.32 Å². The quantitative estimate of drug-likeness (QED) is 0.780. The van der Waals surface area contributed by atoms with Gasteiger partial charge in [-0.25, -0.2) is 4.98 Å². The molecule has 1 aliphatic carbocycles. The Morgan fingerprint density at radius 2 is 2.05 bits per heavy atom. The Balaban J connectivity index is 1.54. The molecular weight excluding hydrogens is 260 g/mol. The van der Waals surface area contributed by atoms with Crippen LogP contribution in [0, 0.1) is 0 Å². The molecule has 106 valence electrons. The summed E-state index contributed by atoms with van der Waals surface area (Å²) >= 11 is 0. The summed E-state index contributed by atoms with van der Waals surface area (Å²) in [5.41, 5.74) is 2.12. The Morgan fingerprint density at radius 1 is 1.14 bits per heavy atom. The highest BCUT2D eigenvalue weighted by atomic mass is 15.1. The van der Waals surface area contributed by atoms with Gasteiger partial charge in [0.1, 0.15) is 5.82 Å². The molecule has 1 aliphatic rings. The minimum atomic E-state index is 0.703. The maximum atomic E-state index is 4.73. The predicted octanol–water partition coefficient (Wildman–Crippen LogP) is 2.73. The molecule has 2 aromatic heterocycles. The number of hydrogen-bond acceptors (Lipinski definition) is 3. The van der Waals surface area contributed by atoms with E-state index in [1.807, 2.05) is 24.5 Å². The van der Waals surface area contributed by atoms with Crippen LogP contribution in [-0.4, -0.2) is 20.6 Å². The minimum absolute atomic E-state index is 0.703. The molecule has 4 nitrogen and oxygen atoms in total. The fraction of sp³-hybridized carbons (Fsp3) is 0.294. The molecule has 1 fully saturated rings. The van der Waals surface area contributed by atoms with Gasteiger partial charge in [-0.15, -0.1) is 0 Å². The molecule has 21 heavy (non-hydrogen) atoms. The molecule has 4 heteroatoms. The lowest BCUT2D eigenvalue weighted by Gasteiger charge is -2.09. The normalized spacial score (nSPS) is 14.7. The second-order valence-electron chi connectivity index (χ2n) is 5.62. The third kappa shape index (κ3) is 2.81. The SMILES string of the molecule is c1ccc2nc(Cn3ccnc3CNC3CC3)ccc2c1. The van der Waals surface area contributed by atoms with Crippen molar-refractivity contribution < 1.29 is 0 Å². The van der Waals surface area contributed by atoms with Gasteiger partial charge in [-0.2, -0.15) is 0 Å². The molecule has 0 unspecified atom stereocenters. The molecule has 0 spiro atoms. The number of nitrogens with zero attached hydrogens (tertiary/aromatic N) is 3. The second kappa shape index (κ2) is 5.30. The van der Waals surface area contributed by atoms with Crippen molar-refractivity contribution in [2.24, 2.45) is 0 Å². The van der Waals surface area contributed by atoms with Gasteiger partial charge in [0.05, 0.1) is 24.3 Å². The Hall–Kier alpha value is -2.20. The summed E-state index contributed by atoms with van der Waals surface area (Å²) in [5.74, 6) is 1.08. The second-order valence-corrected chi connectivity index (χ2v) is 5.62. The fourth-order valence-electron chi connectivity index (χ4n) is 2.55. The summed E-state index contributed by atoms with van der Waals surface area (Å²) < 4.78 is 2.17. The molecule has 4 rings (SSSR count). The molecule has 1 aromatic carbocycles. The summed E-state index contributed by atoms with van der Waals surface area (Å²) in [6.45, 7) is 1.61. The first-order valence-corrected chi connectivity index (χ1v) is 7.46. The van der Waals surface area contributed by atoms with E-state index in [0.717, 1.165) is 30.1 Å². The van der Waals surface area contributed by atoms with Crippen LogP contribution in [0.3, 0.4) is 0 Å². The molecule has 0 aliphatic heterocycles. The van der Waals surface area contributed by atoms with Gasteiger partial charge in [-0.3, -0.25) is 4.98 Å². The summed E-state index contributed by atoms with van der Waals surface area (Å²) in [5, 5.41) is 4.69. The van der Waals surface area contributed by atoms with E-state index in [4.69, 9.17) is 4.98 Å². The van der Waals surface area contributed by atoms with E-state index >= 15 is 0 Å². The van der Waals surface area contributed by atoms with Gasteiger partial charge in [0, 0.05) is 23.8 Å². The van der Waals surface area contributed by atoms with Gasteiger partial charge >= 0.3 is 0 Å². The van der Waals surface area contributed by atoms with Crippen LogP contribution in [0.25, 0.3) is 10.9 Å². The van der Waals surface area contributed by atoms with Crippen LogP contribution in [0.15, 0.2) is 48.8 Å². The molecule has 2 heterocycles. The molecular formula is C17H18N4. The standard InChI is InChI=1S/C17H18N4/c1-2-4-16-13(3-1)5-6-15(20-16)12-21-10-9-18-17(21)11-19-14-7-8-14/h1-6,9-10,14,19H,7-8,11-12H2. The molecule has 0 bridgehead atoms. The van der Waals surface area contributed by atoms with Crippen molar-refractivity contribution in [1.29, 1.82) is 0 Å². The molecule has 3 aromatic rings. The summed E-state index contributed by atoms with van der Waals surface area (Å²) in [7, 11) is 0. The summed E-state index contributed by atoms with van der Waals surface area (Å²) in [4.78, 5) is 9.18. The first-order chi connectivity index (χ1) is 10.4. The van der Waals surface area contributed by atoms with Crippen molar-refractivity contribution in [3.05, 3.63) is 60.3 Å². The number of para-hydroxylation sites is 1. The van der Waals surface area contributed by atoms with Gasteiger partial charge in [0.2, 0.25) is 0 Å². The maximum Gasteiger partial charge on any atom is 0.123 e. The number of hydrogen-bond donors (Lipinski definition) is 1. The lowest BCUT2D eigenvalue weighted by atomic mass is 10.2. The van der Waals surface area contributed by atoms with Crippen LogP contribution in [0.1, 0.15) is 24.4 Å². The fourth-order valence-corrected chi connectivity index (χ4v) is 2.55. The number of nitrogens with one attached hydrogen (secondary N) is 1. The van der Waals surface area contributed by atoms with Crippen LogP contribution in [0.5, 0.6) is 0 Å². The lowest BCUT2D eigenvalue weighted by molar-refractivity contribution is 0.615. The lowest BCUT2D eigenvalue weighted by Crippen LogP contribution is -2.19. The highest BCUT2D eigenvalue weighted by molar-refractivity contribution is 5.78. The van der Waals surface area contributed by atoms with E-state index in [2.05, 4.69) is 39.1 Å². The molecule has 0 radical (unpaired) electrons. The van der Waals surface area contributed by atoms with Crippen molar-refractivity contribution in [3.63, 3.8) is 0 Å². The highest BCUT2D eigenvalue weighted by Crippen LogP contribution is 2.19. The Kier molecular flexibility index (Phi) is 3.16. The molecule has 0 amide bonds. The van der Waals surface area contributed by atoms with E-state index < -0.39 is 0 Å². The molecule has 1 saturated carbocycles. The average Bonchev–Trinajstić information content (AvgIpc) is 3.25. The Labute approximate surface area is 123 Å². The smallest absolute Gasteiger partial charge is 0.123 e. The largest absolute Gasteiger partial charge is 0.328 e. The van der Waals surface area contributed by atoms with Crippen molar-refractivity contribution in [1.82, 2.24) is 19.9 Å². The van der Waals surface area contributed by atoms with Crippen molar-refractivity contribution >= 4 is 10.9 Å². The number of imidazole rings is 1. The van der Waals surface area contributed by atoms with E-state index in [-0.39, 0.29) is 0 Å². The maximum absolute atomic E-state index is 4.73. The number of rotatable bonds is 5.